The number of nitrogens with one attached hydrogen (secondary N) is 2. The Morgan fingerprint density at radius 3 is 2.68 bits per heavy atom. The monoisotopic (exact) mass is 260 g/mol. The molecule has 3 nitrogen and oxygen atoms in total. The van der Waals surface area contributed by atoms with Gasteiger partial charge in [-0.3, -0.25) is 4.79 Å². The Hall–Kier alpha value is -1.35. The fourth-order valence-corrected chi connectivity index (χ4v) is 2.82. The van der Waals surface area contributed by atoms with Gasteiger partial charge in [0.25, 0.3) is 0 Å². The van der Waals surface area contributed by atoms with E-state index in [0.717, 1.165) is 37.9 Å². The average molecular weight is 260 g/mol. The van der Waals surface area contributed by atoms with Crippen LogP contribution >= 0.6 is 0 Å². The first kappa shape index (κ1) is 14.1. The van der Waals surface area contributed by atoms with Gasteiger partial charge in [0.2, 0.25) is 5.91 Å². The van der Waals surface area contributed by atoms with Crippen LogP contribution in [0, 0.1) is 12.3 Å². The molecule has 3 heteroatoms. The van der Waals surface area contributed by atoms with Gasteiger partial charge < -0.3 is 10.6 Å². The van der Waals surface area contributed by atoms with Gasteiger partial charge in [0.1, 0.15) is 0 Å². The van der Waals surface area contributed by atoms with Crippen molar-refractivity contribution in [3.63, 3.8) is 0 Å². The molecule has 1 fully saturated rings. The Bertz CT molecular complexity index is 419. The Labute approximate surface area is 115 Å². The smallest absolute Gasteiger partial charge is 0.227 e. The summed E-state index contributed by atoms with van der Waals surface area (Å²) in [6.07, 6.45) is 2.99. The predicted molar refractivity (Wildman–Crippen MR) is 77.9 cm³/mol. The highest BCUT2D eigenvalue weighted by Crippen LogP contribution is 2.31. The minimum atomic E-state index is -0.181. The molecule has 2 rings (SSSR count). The third kappa shape index (κ3) is 3.35. The summed E-state index contributed by atoms with van der Waals surface area (Å²) in [5.41, 5.74) is 2.23. The van der Waals surface area contributed by atoms with E-state index in [1.165, 1.54) is 5.56 Å². The lowest BCUT2D eigenvalue weighted by Gasteiger charge is -2.26. The Balaban J connectivity index is 1.94. The van der Waals surface area contributed by atoms with Gasteiger partial charge in [0.05, 0.1) is 5.41 Å². The number of carbonyl (C=O) groups is 1. The molecule has 1 aliphatic heterocycles. The zero-order chi connectivity index (χ0) is 13.7. The second kappa shape index (κ2) is 6.20. The van der Waals surface area contributed by atoms with Gasteiger partial charge in [-0.15, -0.1) is 0 Å². The maximum Gasteiger partial charge on any atom is 0.227 e. The van der Waals surface area contributed by atoms with Gasteiger partial charge in [-0.25, -0.2) is 0 Å². The lowest BCUT2D eigenvalue weighted by atomic mass is 9.81. The summed E-state index contributed by atoms with van der Waals surface area (Å²) < 4.78 is 0. The number of aryl methyl sites for hydroxylation is 1. The molecule has 0 saturated carbocycles. The molecule has 1 atom stereocenters. The number of amides is 1. The Morgan fingerprint density at radius 1 is 1.37 bits per heavy atom. The van der Waals surface area contributed by atoms with Crippen LogP contribution in [-0.4, -0.2) is 19.0 Å². The van der Waals surface area contributed by atoms with Gasteiger partial charge in [-0.1, -0.05) is 43.2 Å². The number of rotatable bonds is 5. The van der Waals surface area contributed by atoms with E-state index < -0.39 is 0 Å². The van der Waals surface area contributed by atoms with Gasteiger partial charge in [0, 0.05) is 13.1 Å². The van der Waals surface area contributed by atoms with Crippen molar-refractivity contribution in [1.29, 1.82) is 0 Å². The molecule has 19 heavy (non-hydrogen) atoms. The van der Waals surface area contributed by atoms with Crippen molar-refractivity contribution >= 4 is 5.91 Å². The molecule has 0 aliphatic carbocycles. The van der Waals surface area contributed by atoms with Crippen LogP contribution in [-0.2, 0) is 11.3 Å². The van der Waals surface area contributed by atoms with Crippen LogP contribution in [0.4, 0.5) is 0 Å². The molecule has 1 saturated heterocycles. The molecule has 1 aromatic rings. The summed E-state index contributed by atoms with van der Waals surface area (Å²) in [7, 11) is 0. The largest absolute Gasteiger partial charge is 0.352 e. The maximum atomic E-state index is 12.4. The van der Waals surface area contributed by atoms with Gasteiger partial charge in [0.15, 0.2) is 0 Å². The first-order valence-corrected chi connectivity index (χ1v) is 7.21. The van der Waals surface area contributed by atoms with Crippen LogP contribution in [0.1, 0.15) is 37.3 Å². The van der Waals surface area contributed by atoms with Crippen molar-refractivity contribution in [3.05, 3.63) is 35.4 Å². The minimum absolute atomic E-state index is 0.181. The molecule has 104 valence electrons. The molecule has 1 amide bonds. The Morgan fingerprint density at radius 2 is 2.11 bits per heavy atom. The molecule has 1 aromatic carbocycles. The molecule has 0 spiro atoms. The van der Waals surface area contributed by atoms with Crippen molar-refractivity contribution in [1.82, 2.24) is 10.6 Å². The predicted octanol–water partition coefficient (Wildman–Crippen LogP) is 2.39. The van der Waals surface area contributed by atoms with Crippen molar-refractivity contribution in [3.8, 4) is 0 Å². The van der Waals surface area contributed by atoms with Crippen molar-refractivity contribution in [2.45, 2.75) is 39.7 Å². The molecular weight excluding hydrogens is 236 g/mol. The van der Waals surface area contributed by atoms with Crippen LogP contribution in [0.15, 0.2) is 24.3 Å². The molecule has 1 heterocycles. The first-order chi connectivity index (χ1) is 9.16. The van der Waals surface area contributed by atoms with E-state index in [1.54, 1.807) is 0 Å². The van der Waals surface area contributed by atoms with E-state index in [4.69, 9.17) is 0 Å². The molecular formula is C16H24N2O. The van der Waals surface area contributed by atoms with E-state index in [2.05, 4.69) is 48.7 Å². The van der Waals surface area contributed by atoms with E-state index in [0.29, 0.717) is 6.54 Å². The highest BCUT2D eigenvalue weighted by molar-refractivity contribution is 5.83. The second-order valence-corrected chi connectivity index (χ2v) is 5.63. The van der Waals surface area contributed by atoms with E-state index in [1.807, 2.05) is 0 Å². The average Bonchev–Trinajstić information content (AvgIpc) is 2.88. The third-order valence-corrected chi connectivity index (χ3v) is 4.03. The minimum Gasteiger partial charge on any atom is -0.352 e. The zero-order valence-electron chi connectivity index (χ0n) is 12.0. The number of hydrogen-bond acceptors (Lipinski definition) is 2. The first-order valence-electron chi connectivity index (χ1n) is 7.21. The summed E-state index contributed by atoms with van der Waals surface area (Å²) in [6.45, 7) is 6.62. The summed E-state index contributed by atoms with van der Waals surface area (Å²) in [6, 6.07) is 8.32. The lowest BCUT2D eigenvalue weighted by Crippen LogP contribution is -2.42. The van der Waals surface area contributed by atoms with Gasteiger partial charge in [-0.05, 0) is 31.9 Å². The van der Waals surface area contributed by atoms with Crippen molar-refractivity contribution in [2.75, 3.05) is 13.1 Å². The SMILES string of the molecule is CCCC1(C(=O)NCc2ccc(C)cc2)CCNC1. The molecule has 0 aromatic heterocycles. The van der Waals surface area contributed by atoms with E-state index >= 15 is 0 Å². The highest BCUT2D eigenvalue weighted by atomic mass is 16.2. The summed E-state index contributed by atoms with van der Waals surface area (Å²) >= 11 is 0. The van der Waals surface area contributed by atoms with E-state index in [9.17, 15) is 4.79 Å². The molecule has 1 aliphatic rings. The van der Waals surface area contributed by atoms with Crippen molar-refractivity contribution in [2.24, 2.45) is 5.41 Å². The highest BCUT2D eigenvalue weighted by Gasteiger charge is 2.39. The maximum absolute atomic E-state index is 12.4. The molecule has 0 radical (unpaired) electrons. The summed E-state index contributed by atoms with van der Waals surface area (Å²) in [5, 5.41) is 6.43. The standard InChI is InChI=1S/C16H24N2O/c1-3-8-16(9-10-17-12-16)15(19)18-11-14-6-4-13(2)5-7-14/h4-7,17H,3,8-12H2,1-2H3,(H,18,19). The van der Waals surface area contributed by atoms with Crippen LogP contribution in [0.5, 0.6) is 0 Å². The zero-order valence-corrected chi connectivity index (χ0v) is 12.0. The number of carbonyl (C=O) groups excluding carboxylic acids is 1. The number of hydrogen-bond donors (Lipinski definition) is 2. The van der Waals surface area contributed by atoms with Crippen LogP contribution in [0.25, 0.3) is 0 Å². The molecule has 2 N–H and O–H groups in total. The normalized spacial score (nSPS) is 22.4. The van der Waals surface area contributed by atoms with Crippen LogP contribution in [0.3, 0.4) is 0 Å². The second-order valence-electron chi connectivity index (χ2n) is 5.63. The topological polar surface area (TPSA) is 41.1 Å². The summed E-state index contributed by atoms with van der Waals surface area (Å²) in [4.78, 5) is 12.4. The lowest BCUT2D eigenvalue weighted by molar-refractivity contribution is -0.130. The quantitative estimate of drug-likeness (QED) is 0.853. The molecule has 0 bridgehead atoms. The number of benzene rings is 1. The third-order valence-electron chi connectivity index (χ3n) is 4.03. The molecule has 1 unspecified atom stereocenters. The van der Waals surface area contributed by atoms with E-state index in [-0.39, 0.29) is 11.3 Å². The van der Waals surface area contributed by atoms with Gasteiger partial charge in [-0.2, -0.15) is 0 Å². The summed E-state index contributed by atoms with van der Waals surface area (Å²) in [5.74, 6) is 0.208. The van der Waals surface area contributed by atoms with Gasteiger partial charge >= 0.3 is 0 Å². The fourth-order valence-electron chi connectivity index (χ4n) is 2.82. The fraction of sp³-hybridized carbons (Fsp3) is 0.562. The Kier molecular flexibility index (Phi) is 4.59. The van der Waals surface area contributed by atoms with Crippen LogP contribution in [0.2, 0.25) is 0 Å². The van der Waals surface area contributed by atoms with Crippen LogP contribution < -0.4 is 10.6 Å². The van der Waals surface area contributed by atoms with Crippen molar-refractivity contribution < 1.29 is 4.79 Å².